The minimum atomic E-state index is -4.02. The van der Waals surface area contributed by atoms with E-state index in [1.807, 2.05) is 6.92 Å². The predicted octanol–water partition coefficient (Wildman–Crippen LogP) is 2.49. The van der Waals surface area contributed by atoms with Gasteiger partial charge in [0.2, 0.25) is 0 Å². The van der Waals surface area contributed by atoms with Crippen molar-refractivity contribution in [3.05, 3.63) is 75.7 Å². The number of nitrogens with one attached hydrogen (secondary N) is 2. The summed E-state index contributed by atoms with van der Waals surface area (Å²) in [7, 11) is -0.908. The quantitative estimate of drug-likeness (QED) is 0.332. The summed E-state index contributed by atoms with van der Waals surface area (Å²) in [6.07, 6.45) is 1.55. The molecule has 0 saturated heterocycles. The number of furan rings is 1. The fraction of sp³-hybridized carbons (Fsp3) is 0.143. The van der Waals surface area contributed by atoms with Gasteiger partial charge in [0.05, 0.1) is 0 Å². The first-order chi connectivity index (χ1) is 14.1. The molecule has 2 heterocycles. The van der Waals surface area contributed by atoms with Crippen LogP contribution in [0.3, 0.4) is 0 Å². The van der Waals surface area contributed by atoms with Crippen LogP contribution < -0.4 is 10.0 Å². The molecule has 179 valence electrons. The number of carbonyl (C=O) groups is 1. The first-order valence-corrected chi connectivity index (χ1v) is 12.0. The van der Waals surface area contributed by atoms with Crippen LogP contribution >= 0.6 is 0 Å². The van der Waals surface area contributed by atoms with Gasteiger partial charge in [-0.3, -0.25) is 0 Å². The van der Waals surface area contributed by atoms with Crippen LogP contribution in [0.5, 0.6) is 5.75 Å². The van der Waals surface area contributed by atoms with Gasteiger partial charge in [-0.2, -0.15) is 0 Å². The predicted molar refractivity (Wildman–Crippen MR) is 126 cm³/mol. The van der Waals surface area contributed by atoms with Crippen LogP contribution in [0.15, 0.2) is 44.3 Å². The zero-order valence-corrected chi connectivity index (χ0v) is 24.2. The van der Waals surface area contributed by atoms with E-state index in [1.165, 1.54) is 17.0 Å². The van der Waals surface area contributed by atoms with Crippen LogP contribution in [0.4, 0.5) is 5.69 Å². The average molecular weight is 699 g/mol. The van der Waals surface area contributed by atoms with E-state index in [0.717, 1.165) is 5.56 Å². The second-order valence-electron chi connectivity index (χ2n) is 6.47. The van der Waals surface area contributed by atoms with Crippen LogP contribution in [-0.4, -0.2) is 50.1 Å². The summed E-state index contributed by atoms with van der Waals surface area (Å²) in [5.41, 5.74) is 1.04. The van der Waals surface area contributed by atoms with Crippen molar-refractivity contribution in [3.63, 3.8) is 0 Å². The number of carbonyl (C=O) groups excluding carboxylic acids is 1. The van der Waals surface area contributed by atoms with Crippen molar-refractivity contribution in [1.82, 2.24) is 9.62 Å². The Morgan fingerprint density at radius 1 is 1.33 bits per heavy atom. The van der Waals surface area contributed by atoms with E-state index in [-0.39, 0.29) is 51.0 Å². The molecule has 3 N–H and O–H groups in total. The van der Waals surface area contributed by atoms with E-state index < -0.39 is 16.1 Å². The Hall–Kier alpha value is -2.64. The molecule has 3 rings (SSSR count). The van der Waals surface area contributed by atoms with Crippen molar-refractivity contribution in [2.24, 2.45) is 9.39 Å². The number of phenols is 1. The number of benzene rings is 1. The third kappa shape index (κ3) is 6.92. The molecule has 0 spiro atoms. The van der Waals surface area contributed by atoms with Gasteiger partial charge < -0.3 is 22.3 Å². The van der Waals surface area contributed by atoms with Gasteiger partial charge in [0.1, 0.15) is 0 Å². The van der Waals surface area contributed by atoms with Gasteiger partial charge in [0, 0.05) is 0 Å². The van der Waals surface area contributed by atoms with Gasteiger partial charge in [-0.05, 0) is 0 Å². The average Bonchev–Trinajstić information content (AvgIpc) is 3.23. The summed E-state index contributed by atoms with van der Waals surface area (Å²) in [6, 6.07) is 6.59. The molecular formula is C21H26N5O5SU-4. The van der Waals surface area contributed by atoms with Crippen molar-refractivity contribution < 1.29 is 51.4 Å². The van der Waals surface area contributed by atoms with Crippen molar-refractivity contribution in [3.8, 4) is 8.57 Å². The summed E-state index contributed by atoms with van der Waals surface area (Å²) >= 11 is 0.296. The maximum Gasteiger partial charge on any atom is -0.358 e. The Morgan fingerprint density at radius 3 is 2.55 bits per heavy atom. The fourth-order valence-electron chi connectivity index (χ4n) is 2.51. The van der Waals surface area contributed by atoms with Gasteiger partial charge in [0.15, 0.2) is 0 Å². The summed E-state index contributed by atoms with van der Waals surface area (Å²) in [5, 5.41) is 13.2. The SMILES string of the molecule is Cc1coc([C-]([C]#[U])N=C2NS(=O)(=O)N=C2Nc2cccc(C(=O)N(C)C)c2O)c1.[CH3-].[CH3-].[CH3-]. The molecule has 1 aromatic carbocycles. The van der Waals surface area contributed by atoms with Gasteiger partial charge in [-0.1, -0.05) is 0 Å². The Bertz CT molecular complexity index is 1210. The topological polar surface area (TPSA) is 137 Å². The van der Waals surface area contributed by atoms with Crippen molar-refractivity contribution in [1.29, 1.82) is 0 Å². The molecule has 0 fully saturated rings. The van der Waals surface area contributed by atoms with E-state index in [2.05, 4.69) is 22.2 Å². The molecule has 1 aliphatic heterocycles. The molecule has 12 heteroatoms. The number of aromatic hydroxyl groups is 1. The van der Waals surface area contributed by atoms with Crippen molar-refractivity contribution in [2.75, 3.05) is 19.4 Å². The van der Waals surface area contributed by atoms with E-state index in [0.29, 0.717) is 40.5 Å². The monoisotopic (exact) mass is 698 g/mol. The Kier molecular flexibility index (Phi) is 11.0. The molecule has 0 radical (unpaired) electrons. The number of amidine groups is 2. The van der Waals surface area contributed by atoms with Crippen molar-refractivity contribution >= 4 is 33.5 Å². The molecule has 0 saturated carbocycles. The van der Waals surface area contributed by atoms with E-state index in [1.54, 1.807) is 32.5 Å². The summed E-state index contributed by atoms with van der Waals surface area (Å²) < 4.78 is 38.3. The second-order valence-corrected chi connectivity index (χ2v) is 8.84. The number of para-hydroxylation sites is 1. The molecule has 2 aromatic rings. The molecule has 0 atom stereocenters. The van der Waals surface area contributed by atoms with Crippen LogP contribution in [-0.2, 0) is 10.2 Å². The van der Waals surface area contributed by atoms with Crippen LogP contribution in [0.1, 0.15) is 21.7 Å². The van der Waals surface area contributed by atoms with Gasteiger partial charge in [-0.25, -0.2) is 0 Å². The maximum absolute atomic E-state index is 12.2. The largest absolute Gasteiger partial charge is 0.358 e. The molecule has 1 amide bonds. The number of phenolic OH excluding ortho intramolecular Hbond substituents is 1. The van der Waals surface area contributed by atoms with Gasteiger partial charge in [0.25, 0.3) is 0 Å². The number of hydrogen-bond acceptors (Lipinski definition) is 7. The maximum atomic E-state index is 12.2. The molecule has 0 unspecified atom stereocenters. The molecule has 10 nitrogen and oxygen atoms in total. The number of nitrogens with zero attached hydrogens (tertiary/aromatic N) is 3. The molecule has 0 bridgehead atoms. The van der Waals surface area contributed by atoms with Crippen LogP contribution in [0, 0.1) is 66.8 Å². The summed E-state index contributed by atoms with van der Waals surface area (Å²) in [6.45, 7) is 1.85. The van der Waals surface area contributed by atoms with Crippen molar-refractivity contribution in [2.45, 2.75) is 6.92 Å². The zero-order valence-electron chi connectivity index (χ0n) is 19.2. The summed E-state index contributed by atoms with van der Waals surface area (Å²) in [4.78, 5) is 17.8. The standard InChI is InChI=1S/C18H17N5O5S.3CH3.U/c1-10-8-14(28-9-10)11(2)19-16-17(22-29(26,27)21-16)20-13-7-5-6-12(15(13)24)18(25)23(3)4;;;;/h5-9,24H,1,3-4H3,(H,19,21)(H,20,22);3*1H3;/q4*-1;. The minimum absolute atomic E-state index is 0. The Morgan fingerprint density at radius 2 is 2.00 bits per heavy atom. The minimum Gasteiger partial charge on any atom is -0.358 e. The normalized spacial score (nSPS) is 14.5. The number of aryl methyl sites for hydroxylation is 1. The number of aliphatic imine (C=N–C) groups is 1. The third-order valence-electron chi connectivity index (χ3n) is 3.89. The fourth-order valence-corrected chi connectivity index (χ4v) is 4.06. The smallest absolute Gasteiger partial charge is 0.358 e. The number of hydrogen-bond donors (Lipinski definition) is 3. The van der Waals surface area contributed by atoms with Gasteiger partial charge >= 0.3 is 192 Å². The third-order valence-corrected chi connectivity index (χ3v) is 5.75. The van der Waals surface area contributed by atoms with E-state index in [9.17, 15) is 18.3 Å². The Labute approximate surface area is 213 Å². The van der Waals surface area contributed by atoms with E-state index >= 15 is 0 Å². The molecular weight excluding hydrogens is 672 g/mol. The van der Waals surface area contributed by atoms with Crippen LogP contribution in [0.2, 0.25) is 0 Å². The number of amides is 1. The molecule has 1 aliphatic rings. The van der Waals surface area contributed by atoms with E-state index in [4.69, 9.17) is 4.42 Å². The number of anilines is 1. The second kappa shape index (κ2) is 12.0. The first kappa shape index (κ1) is 30.4. The molecule has 0 aliphatic carbocycles. The molecule has 1 aromatic heterocycles. The number of rotatable bonds is 4. The zero-order chi connectivity index (χ0) is 22.1. The molecule has 33 heavy (non-hydrogen) atoms. The Balaban J connectivity index is 0.00000341. The summed E-state index contributed by atoms with van der Waals surface area (Å²) in [5.74, 6) is -0.530. The van der Waals surface area contributed by atoms with Crippen LogP contribution in [0.25, 0.3) is 0 Å². The first-order valence-electron chi connectivity index (χ1n) is 8.49. The van der Waals surface area contributed by atoms with Gasteiger partial charge in [-0.15, -0.1) is 0 Å².